The van der Waals surface area contributed by atoms with Crippen molar-refractivity contribution in [1.29, 1.82) is 5.26 Å². The Morgan fingerprint density at radius 1 is 1.40 bits per heavy atom. The van der Waals surface area contributed by atoms with Gasteiger partial charge in [-0.05, 0) is 12.1 Å². The standard InChI is InChI=1S/C13H14Cl2N2O2S/c1-17(8-3-7-16)12(18)6-9-20(19)13-10(14)4-2-5-11(13)15/h2,4-5H,3,6,8-9H2,1H3. The van der Waals surface area contributed by atoms with E-state index in [9.17, 15) is 9.00 Å². The summed E-state index contributed by atoms with van der Waals surface area (Å²) >= 11 is 11.9. The van der Waals surface area contributed by atoms with Crippen LogP contribution in [0, 0.1) is 11.3 Å². The predicted octanol–water partition coefficient (Wildman–Crippen LogP) is 2.86. The fraction of sp³-hybridized carbons (Fsp3) is 0.385. The largest absolute Gasteiger partial charge is 0.345 e. The van der Waals surface area contributed by atoms with Gasteiger partial charge in [0.1, 0.15) is 0 Å². The number of carbonyl (C=O) groups is 1. The van der Waals surface area contributed by atoms with Crippen molar-refractivity contribution >= 4 is 39.9 Å². The summed E-state index contributed by atoms with van der Waals surface area (Å²) in [5.74, 6) is -0.00380. The second-order valence-electron chi connectivity index (χ2n) is 4.07. The van der Waals surface area contributed by atoms with E-state index in [0.29, 0.717) is 21.5 Å². The van der Waals surface area contributed by atoms with Crippen LogP contribution in [-0.4, -0.2) is 34.4 Å². The number of hydrogen-bond donors (Lipinski definition) is 0. The minimum absolute atomic E-state index is 0.121. The van der Waals surface area contributed by atoms with Gasteiger partial charge in [0.2, 0.25) is 5.91 Å². The normalized spacial score (nSPS) is 11.7. The number of hydrogen-bond acceptors (Lipinski definition) is 3. The molecular weight excluding hydrogens is 319 g/mol. The molecule has 0 bridgehead atoms. The van der Waals surface area contributed by atoms with E-state index in [2.05, 4.69) is 0 Å². The maximum atomic E-state index is 12.1. The molecule has 0 N–H and O–H groups in total. The fourth-order valence-electron chi connectivity index (χ4n) is 1.52. The molecule has 1 aromatic carbocycles. The van der Waals surface area contributed by atoms with E-state index < -0.39 is 10.8 Å². The topological polar surface area (TPSA) is 61.2 Å². The van der Waals surface area contributed by atoms with Crippen molar-refractivity contribution in [3.05, 3.63) is 28.2 Å². The summed E-state index contributed by atoms with van der Waals surface area (Å²) in [7, 11) is 0.190. The Kier molecular flexibility index (Phi) is 7.00. The number of nitriles is 1. The smallest absolute Gasteiger partial charge is 0.223 e. The monoisotopic (exact) mass is 332 g/mol. The van der Waals surface area contributed by atoms with Crippen LogP contribution in [0.2, 0.25) is 10.0 Å². The minimum Gasteiger partial charge on any atom is -0.345 e. The average Bonchev–Trinajstić information content (AvgIpc) is 2.41. The quantitative estimate of drug-likeness (QED) is 0.804. The molecule has 0 spiro atoms. The van der Waals surface area contributed by atoms with Crippen molar-refractivity contribution < 1.29 is 9.00 Å². The van der Waals surface area contributed by atoms with Crippen LogP contribution < -0.4 is 0 Å². The van der Waals surface area contributed by atoms with Gasteiger partial charge in [-0.2, -0.15) is 5.26 Å². The molecule has 0 fully saturated rings. The van der Waals surface area contributed by atoms with Crippen LogP contribution in [0.15, 0.2) is 23.1 Å². The van der Waals surface area contributed by atoms with Crippen LogP contribution >= 0.6 is 23.2 Å². The first-order chi connectivity index (χ1) is 9.47. The van der Waals surface area contributed by atoms with Crippen LogP contribution in [0.4, 0.5) is 0 Å². The molecule has 4 nitrogen and oxygen atoms in total. The number of halogens is 2. The first-order valence-electron chi connectivity index (χ1n) is 5.90. The third kappa shape index (κ3) is 4.78. The summed E-state index contributed by atoms with van der Waals surface area (Å²) in [6, 6.07) is 6.87. The van der Waals surface area contributed by atoms with E-state index in [1.54, 1.807) is 25.2 Å². The number of carbonyl (C=O) groups excluding carboxylic acids is 1. The Labute approximate surface area is 130 Å². The molecular formula is C13H14Cl2N2O2S. The zero-order valence-electron chi connectivity index (χ0n) is 10.9. The molecule has 0 radical (unpaired) electrons. The highest BCUT2D eigenvalue weighted by molar-refractivity contribution is 7.85. The van der Waals surface area contributed by atoms with E-state index in [4.69, 9.17) is 28.5 Å². The summed E-state index contributed by atoms with van der Waals surface area (Å²) in [6.07, 6.45) is 0.401. The highest BCUT2D eigenvalue weighted by Gasteiger charge is 2.16. The molecule has 1 unspecified atom stereocenters. The molecule has 7 heteroatoms. The second kappa shape index (κ2) is 8.25. The molecule has 20 heavy (non-hydrogen) atoms. The molecule has 0 aliphatic heterocycles. The summed E-state index contributed by atoms with van der Waals surface area (Å²) in [4.78, 5) is 13.6. The molecule has 1 amide bonds. The van der Waals surface area contributed by atoms with Gasteiger partial charge in [0.25, 0.3) is 0 Å². The highest BCUT2D eigenvalue weighted by Crippen LogP contribution is 2.27. The van der Waals surface area contributed by atoms with Gasteiger partial charge in [0.15, 0.2) is 0 Å². The van der Waals surface area contributed by atoms with Gasteiger partial charge in [0, 0.05) is 25.8 Å². The van der Waals surface area contributed by atoms with Crippen molar-refractivity contribution in [2.45, 2.75) is 17.7 Å². The lowest BCUT2D eigenvalue weighted by molar-refractivity contribution is -0.129. The maximum Gasteiger partial charge on any atom is 0.223 e. The van der Waals surface area contributed by atoms with Crippen molar-refractivity contribution in [2.75, 3.05) is 19.3 Å². The molecule has 108 valence electrons. The summed E-state index contributed by atoms with van der Waals surface area (Å²) in [6.45, 7) is 0.370. The van der Waals surface area contributed by atoms with Crippen LogP contribution in [0.25, 0.3) is 0 Å². The fourth-order valence-corrected chi connectivity index (χ4v) is 3.56. The van der Waals surface area contributed by atoms with E-state index >= 15 is 0 Å². The lowest BCUT2D eigenvalue weighted by Gasteiger charge is -2.15. The van der Waals surface area contributed by atoms with Gasteiger partial charge in [-0.1, -0.05) is 29.3 Å². The van der Waals surface area contributed by atoms with Crippen molar-refractivity contribution in [1.82, 2.24) is 4.90 Å². The third-order valence-electron chi connectivity index (χ3n) is 2.63. The summed E-state index contributed by atoms with van der Waals surface area (Å²) in [5, 5.41) is 9.13. The average molecular weight is 333 g/mol. The molecule has 1 rings (SSSR count). The van der Waals surface area contributed by atoms with E-state index in [-0.39, 0.29) is 24.5 Å². The number of rotatable bonds is 6. The molecule has 0 aliphatic rings. The summed E-state index contributed by atoms with van der Waals surface area (Å²) in [5.41, 5.74) is 0. The van der Waals surface area contributed by atoms with Gasteiger partial charge in [0.05, 0.1) is 38.2 Å². The van der Waals surface area contributed by atoms with E-state index in [1.807, 2.05) is 6.07 Å². The van der Waals surface area contributed by atoms with Crippen molar-refractivity contribution in [3.63, 3.8) is 0 Å². The van der Waals surface area contributed by atoms with Crippen molar-refractivity contribution in [3.8, 4) is 6.07 Å². The Morgan fingerprint density at radius 3 is 2.55 bits per heavy atom. The Bertz CT molecular complexity index is 538. The van der Waals surface area contributed by atoms with Gasteiger partial charge in [-0.3, -0.25) is 9.00 Å². The zero-order valence-corrected chi connectivity index (χ0v) is 13.3. The molecule has 0 heterocycles. The van der Waals surface area contributed by atoms with Crippen LogP contribution in [0.1, 0.15) is 12.8 Å². The van der Waals surface area contributed by atoms with E-state index in [0.717, 1.165) is 0 Å². The lowest BCUT2D eigenvalue weighted by Crippen LogP contribution is -2.28. The molecule has 1 aromatic rings. The SMILES string of the molecule is CN(CCC#N)C(=O)CCS(=O)c1c(Cl)cccc1Cl. The Morgan fingerprint density at radius 2 is 2.00 bits per heavy atom. The number of benzene rings is 1. The molecule has 0 saturated carbocycles. The first-order valence-corrected chi connectivity index (χ1v) is 7.98. The van der Waals surface area contributed by atoms with Gasteiger partial charge >= 0.3 is 0 Å². The first kappa shape index (κ1) is 17.0. The molecule has 0 aliphatic carbocycles. The summed E-state index contributed by atoms with van der Waals surface area (Å²) < 4.78 is 12.1. The van der Waals surface area contributed by atoms with Gasteiger partial charge < -0.3 is 4.90 Å². The van der Waals surface area contributed by atoms with Crippen LogP contribution in [-0.2, 0) is 15.6 Å². The van der Waals surface area contributed by atoms with Gasteiger partial charge in [-0.25, -0.2) is 0 Å². The minimum atomic E-state index is -1.43. The molecule has 0 aromatic heterocycles. The third-order valence-corrected chi connectivity index (χ3v) is 4.96. The van der Waals surface area contributed by atoms with Crippen molar-refractivity contribution in [2.24, 2.45) is 0 Å². The maximum absolute atomic E-state index is 12.1. The second-order valence-corrected chi connectivity index (χ2v) is 6.40. The highest BCUT2D eigenvalue weighted by atomic mass is 35.5. The molecule has 1 atom stereocenters. The lowest BCUT2D eigenvalue weighted by atomic mass is 10.3. The molecule has 0 saturated heterocycles. The Balaban J connectivity index is 2.60. The van der Waals surface area contributed by atoms with Gasteiger partial charge in [-0.15, -0.1) is 0 Å². The van der Waals surface area contributed by atoms with Crippen LogP contribution in [0.5, 0.6) is 0 Å². The van der Waals surface area contributed by atoms with E-state index in [1.165, 1.54) is 4.90 Å². The van der Waals surface area contributed by atoms with Crippen LogP contribution in [0.3, 0.4) is 0 Å². The zero-order chi connectivity index (χ0) is 15.1. The Hall–Kier alpha value is -1.09. The number of amides is 1. The predicted molar refractivity (Wildman–Crippen MR) is 80.2 cm³/mol. The number of nitrogens with zero attached hydrogens (tertiary/aromatic N) is 2.